The fourth-order valence-corrected chi connectivity index (χ4v) is 4.41. The number of anilines is 3. The van der Waals surface area contributed by atoms with Crippen LogP contribution in [0.3, 0.4) is 0 Å². The summed E-state index contributed by atoms with van der Waals surface area (Å²) in [6.45, 7) is 7.60. The molecule has 4 rings (SSSR count). The zero-order valence-corrected chi connectivity index (χ0v) is 22.3. The molecule has 198 valence electrons. The lowest BCUT2D eigenvalue weighted by Gasteiger charge is -2.22. The van der Waals surface area contributed by atoms with Crippen molar-refractivity contribution in [3.8, 4) is 11.5 Å². The molecule has 0 aromatic heterocycles. The Morgan fingerprint density at radius 2 is 1.61 bits per heavy atom. The van der Waals surface area contributed by atoms with E-state index in [4.69, 9.17) is 9.47 Å². The maximum absolute atomic E-state index is 13.4. The highest BCUT2D eigenvalue weighted by molar-refractivity contribution is 6.37. The Balaban J connectivity index is 1.77. The van der Waals surface area contributed by atoms with Crippen LogP contribution in [0.5, 0.6) is 11.5 Å². The van der Waals surface area contributed by atoms with Crippen LogP contribution in [0.1, 0.15) is 31.9 Å². The van der Waals surface area contributed by atoms with Gasteiger partial charge in [0, 0.05) is 43.0 Å². The van der Waals surface area contributed by atoms with Crippen LogP contribution in [0.2, 0.25) is 0 Å². The van der Waals surface area contributed by atoms with Gasteiger partial charge in [-0.15, -0.1) is 0 Å². The Labute approximate surface area is 223 Å². The monoisotopic (exact) mass is 514 g/mol. The third-order valence-electron chi connectivity index (χ3n) is 6.15. The van der Waals surface area contributed by atoms with Gasteiger partial charge in [-0.3, -0.25) is 9.59 Å². The number of carbonyl (C=O) groups excluding carboxylic acids is 2. The van der Waals surface area contributed by atoms with Gasteiger partial charge in [0.05, 0.1) is 30.2 Å². The molecule has 3 aromatic carbocycles. The number of likely N-dealkylation sites (N-methyl/N-ethyl adjacent to an activating group) is 1. The van der Waals surface area contributed by atoms with E-state index in [0.717, 1.165) is 22.5 Å². The van der Waals surface area contributed by atoms with E-state index >= 15 is 0 Å². The molecule has 0 radical (unpaired) electrons. The van der Waals surface area contributed by atoms with Gasteiger partial charge in [-0.1, -0.05) is 30.3 Å². The lowest BCUT2D eigenvalue weighted by Crippen LogP contribution is -2.34. The second kappa shape index (κ2) is 12.3. The molecule has 0 saturated heterocycles. The van der Waals surface area contributed by atoms with Crippen molar-refractivity contribution in [1.82, 2.24) is 5.32 Å². The smallest absolute Gasteiger partial charge is 0.258 e. The highest BCUT2D eigenvalue weighted by atomic mass is 16.5. The van der Waals surface area contributed by atoms with Crippen molar-refractivity contribution in [2.75, 3.05) is 48.9 Å². The van der Waals surface area contributed by atoms with Gasteiger partial charge in [-0.2, -0.15) is 0 Å². The van der Waals surface area contributed by atoms with Crippen molar-refractivity contribution in [1.29, 1.82) is 0 Å². The van der Waals surface area contributed by atoms with E-state index in [-0.39, 0.29) is 11.8 Å². The van der Waals surface area contributed by atoms with Crippen molar-refractivity contribution in [2.24, 2.45) is 0 Å². The van der Waals surface area contributed by atoms with Gasteiger partial charge in [-0.05, 0) is 56.8 Å². The number of fused-ring (bicyclic) bond motifs is 1. The molecule has 1 aliphatic rings. The molecule has 0 spiro atoms. The summed E-state index contributed by atoms with van der Waals surface area (Å²) in [4.78, 5) is 27.3. The molecule has 1 aliphatic heterocycles. The summed E-state index contributed by atoms with van der Waals surface area (Å²) in [6.07, 6.45) is 0. The largest absolute Gasteiger partial charge is 0.490 e. The van der Waals surface area contributed by atoms with Crippen LogP contribution in [0.15, 0.2) is 66.7 Å². The number of rotatable bonds is 11. The first-order chi connectivity index (χ1) is 18.5. The summed E-state index contributed by atoms with van der Waals surface area (Å²) in [5.41, 5.74) is 5.04. The topological polar surface area (TPSA) is 91.9 Å². The number of hydrogen-bond donors (Lipinski definition) is 3. The molecule has 2 amide bonds. The minimum absolute atomic E-state index is 0.0243. The van der Waals surface area contributed by atoms with Gasteiger partial charge in [0.15, 0.2) is 11.5 Å². The van der Waals surface area contributed by atoms with Crippen molar-refractivity contribution in [3.05, 3.63) is 77.9 Å². The molecule has 0 bridgehead atoms. The minimum Gasteiger partial charge on any atom is -0.490 e. The second-order valence-corrected chi connectivity index (χ2v) is 8.73. The van der Waals surface area contributed by atoms with Crippen LogP contribution < -0.4 is 30.3 Å². The van der Waals surface area contributed by atoms with Crippen LogP contribution in [-0.2, 0) is 9.59 Å². The van der Waals surface area contributed by atoms with Gasteiger partial charge in [0.1, 0.15) is 0 Å². The molecule has 8 heteroatoms. The van der Waals surface area contributed by atoms with Crippen LogP contribution in [0.25, 0.3) is 11.3 Å². The van der Waals surface area contributed by atoms with E-state index in [1.807, 2.05) is 87.6 Å². The third-order valence-corrected chi connectivity index (χ3v) is 6.15. The van der Waals surface area contributed by atoms with E-state index in [1.54, 1.807) is 11.8 Å². The number of amides is 2. The first-order valence-corrected chi connectivity index (χ1v) is 12.8. The Morgan fingerprint density at radius 3 is 2.21 bits per heavy atom. The SMILES string of the molecule is CCOc1cc2c(cc1OCC)/C(=C(/Nc1ccc(N(CCNC)C(C)=O)cc1)c1ccccc1)C(=O)N2. The average molecular weight is 515 g/mol. The molecule has 8 nitrogen and oxygen atoms in total. The number of benzene rings is 3. The summed E-state index contributed by atoms with van der Waals surface area (Å²) in [6, 6.07) is 21.0. The molecule has 0 unspecified atom stereocenters. The summed E-state index contributed by atoms with van der Waals surface area (Å²) in [5, 5.41) is 9.53. The molecular weight excluding hydrogens is 480 g/mol. The standard InChI is InChI=1S/C30H34N4O4/c1-5-37-26-18-24-25(19-27(26)38-6-2)33-30(36)28(24)29(21-10-8-7-9-11-21)32-22-12-14-23(15-13-22)34(20(3)35)17-16-31-4/h7-15,18-19,31-32H,5-6,16-17H2,1-4H3,(H,33,36)/b29-28-. The Kier molecular flexibility index (Phi) is 8.66. The lowest BCUT2D eigenvalue weighted by atomic mass is 9.99. The number of nitrogens with zero attached hydrogens (tertiary/aromatic N) is 1. The third kappa shape index (κ3) is 5.81. The molecule has 3 N–H and O–H groups in total. The zero-order chi connectivity index (χ0) is 27.1. The molecule has 1 heterocycles. The predicted molar refractivity (Wildman–Crippen MR) is 153 cm³/mol. The van der Waals surface area contributed by atoms with Crippen molar-refractivity contribution >= 4 is 40.1 Å². The summed E-state index contributed by atoms with van der Waals surface area (Å²) in [7, 11) is 1.86. The molecule has 0 saturated carbocycles. The van der Waals surface area contributed by atoms with Gasteiger partial charge in [0.25, 0.3) is 5.91 Å². The molecule has 3 aromatic rings. The number of carbonyl (C=O) groups is 2. The van der Waals surface area contributed by atoms with Crippen LogP contribution in [0, 0.1) is 0 Å². The first kappa shape index (κ1) is 26.8. The van der Waals surface area contributed by atoms with Gasteiger partial charge < -0.3 is 30.3 Å². The van der Waals surface area contributed by atoms with Gasteiger partial charge >= 0.3 is 0 Å². The Morgan fingerprint density at radius 1 is 0.947 bits per heavy atom. The van der Waals surface area contributed by atoms with Crippen molar-refractivity contribution in [3.63, 3.8) is 0 Å². The van der Waals surface area contributed by atoms with E-state index in [1.165, 1.54) is 0 Å². The van der Waals surface area contributed by atoms with E-state index < -0.39 is 0 Å². The first-order valence-electron chi connectivity index (χ1n) is 12.8. The quantitative estimate of drug-likeness (QED) is 0.312. The van der Waals surface area contributed by atoms with Crippen LogP contribution in [-0.4, -0.2) is 45.2 Å². The van der Waals surface area contributed by atoms with Crippen molar-refractivity contribution in [2.45, 2.75) is 20.8 Å². The minimum atomic E-state index is -0.214. The molecular formula is C30H34N4O4. The Bertz CT molecular complexity index is 1320. The van der Waals surface area contributed by atoms with Crippen molar-refractivity contribution < 1.29 is 19.1 Å². The molecule has 0 fully saturated rings. The summed E-state index contributed by atoms with van der Waals surface area (Å²) in [5.74, 6) is 0.940. The number of ether oxygens (including phenoxy) is 2. The summed E-state index contributed by atoms with van der Waals surface area (Å²) >= 11 is 0. The Hall–Kier alpha value is -4.30. The predicted octanol–water partition coefficient (Wildman–Crippen LogP) is 4.99. The number of hydrogen-bond acceptors (Lipinski definition) is 6. The van der Waals surface area contributed by atoms with E-state index in [0.29, 0.717) is 54.8 Å². The normalized spacial score (nSPS) is 13.4. The van der Waals surface area contributed by atoms with Crippen LogP contribution >= 0.6 is 0 Å². The fourth-order valence-electron chi connectivity index (χ4n) is 4.41. The maximum atomic E-state index is 13.4. The highest BCUT2D eigenvalue weighted by Gasteiger charge is 2.30. The van der Waals surface area contributed by atoms with Crippen LogP contribution in [0.4, 0.5) is 17.1 Å². The van der Waals surface area contributed by atoms with E-state index in [2.05, 4.69) is 16.0 Å². The van der Waals surface area contributed by atoms with Gasteiger partial charge in [0.2, 0.25) is 5.91 Å². The number of nitrogens with one attached hydrogen (secondary N) is 3. The lowest BCUT2D eigenvalue weighted by molar-refractivity contribution is -0.116. The highest BCUT2D eigenvalue weighted by Crippen LogP contribution is 2.43. The van der Waals surface area contributed by atoms with Gasteiger partial charge in [-0.25, -0.2) is 0 Å². The second-order valence-electron chi connectivity index (χ2n) is 8.73. The zero-order valence-electron chi connectivity index (χ0n) is 22.3. The molecule has 38 heavy (non-hydrogen) atoms. The summed E-state index contributed by atoms with van der Waals surface area (Å²) < 4.78 is 11.6. The molecule has 0 atom stereocenters. The fraction of sp³-hybridized carbons (Fsp3) is 0.267. The maximum Gasteiger partial charge on any atom is 0.258 e. The average Bonchev–Trinajstić information content (AvgIpc) is 3.23. The van der Waals surface area contributed by atoms with E-state index in [9.17, 15) is 9.59 Å². The molecule has 0 aliphatic carbocycles.